The molecule has 1 heterocycles. The SMILES string of the molecule is Cl.Clc1ccc(Nc2nc3ccc(I)cc3[nH]2)cc1Cl. The van der Waals surface area contributed by atoms with Crippen LogP contribution in [0.3, 0.4) is 0 Å². The number of rotatable bonds is 2. The Morgan fingerprint density at radius 1 is 1.05 bits per heavy atom. The highest BCUT2D eigenvalue weighted by Gasteiger charge is 2.05. The number of hydrogen-bond donors (Lipinski definition) is 2. The number of fused-ring (bicyclic) bond motifs is 1. The number of halogens is 4. The largest absolute Gasteiger partial charge is 0.326 e. The van der Waals surface area contributed by atoms with Crippen molar-refractivity contribution in [2.75, 3.05) is 5.32 Å². The molecule has 0 spiro atoms. The Hall–Kier alpha value is -0.690. The van der Waals surface area contributed by atoms with Crippen molar-refractivity contribution in [2.24, 2.45) is 0 Å². The Balaban J connectivity index is 0.00000147. The van der Waals surface area contributed by atoms with Crippen molar-refractivity contribution < 1.29 is 0 Å². The van der Waals surface area contributed by atoms with Gasteiger partial charge in [-0.2, -0.15) is 0 Å². The highest BCUT2D eigenvalue weighted by molar-refractivity contribution is 14.1. The number of H-pyrrole nitrogens is 1. The van der Waals surface area contributed by atoms with Crippen molar-refractivity contribution in [3.8, 4) is 0 Å². The second-order valence-electron chi connectivity index (χ2n) is 4.00. The van der Waals surface area contributed by atoms with Crippen LogP contribution in [0.2, 0.25) is 10.0 Å². The van der Waals surface area contributed by atoms with Crippen LogP contribution in [0.5, 0.6) is 0 Å². The van der Waals surface area contributed by atoms with Crippen LogP contribution >= 0.6 is 58.2 Å². The molecule has 3 rings (SSSR count). The molecule has 0 radical (unpaired) electrons. The molecule has 104 valence electrons. The summed E-state index contributed by atoms with van der Waals surface area (Å²) in [7, 11) is 0. The molecule has 0 saturated carbocycles. The molecule has 7 heteroatoms. The summed E-state index contributed by atoms with van der Waals surface area (Å²) in [6.45, 7) is 0. The van der Waals surface area contributed by atoms with Gasteiger partial charge in [0.1, 0.15) is 0 Å². The Morgan fingerprint density at radius 2 is 1.85 bits per heavy atom. The third-order valence-corrected chi connectivity index (χ3v) is 4.04. The zero-order chi connectivity index (χ0) is 13.4. The molecule has 3 aromatic rings. The molecule has 0 atom stereocenters. The predicted octanol–water partition coefficient (Wildman–Crippen LogP) is 5.64. The number of nitrogens with zero attached hydrogens (tertiary/aromatic N) is 1. The van der Waals surface area contributed by atoms with Crippen LogP contribution in [-0.4, -0.2) is 9.97 Å². The van der Waals surface area contributed by atoms with Crippen LogP contribution in [0.25, 0.3) is 11.0 Å². The maximum absolute atomic E-state index is 5.98. The summed E-state index contributed by atoms with van der Waals surface area (Å²) in [5.41, 5.74) is 2.75. The lowest BCUT2D eigenvalue weighted by atomic mass is 10.3. The summed E-state index contributed by atoms with van der Waals surface area (Å²) in [4.78, 5) is 7.67. The first kappa shape index (κ1) is 15.7. The van der Waals surface area contributed by atoms with Crippen LogP contribution in [0.15, 0.2) is 36.4 Å². The van der Waals surface area contributed by atoms with Crippen LogP contribution in [0, 0.1) is 3.57 Å². The minimum atomic E-state index is 0. The van der Waals surface area contributed by atoms with Crippen molar-refractivity contribution in [1.82, 2.24) is 9.97 Å². The first-order chi connectivity index (χ1) is 9.11. The molecule has 1 aromatic heterocycles. The molecule has 2 aromatic carbocycles. The normalized spacial score (nSPS) is 10.3. The van der Waals surface area contributed by atoms with Gasteiger partial charge in [0.25, 0.3) is 0 Å². The van der Waals surface area contributed by atoms with Crippen molar-refractivity contribution in [3.05, 3.63) is 50.0 Å². The minimum Gasteiger partial charge on any atom is -0.326 e. The van der Waals surface area contributed by atoms with Gasteiger partial charge in [0.05, 0.1) is 21.1 Å². The molecule has 0 amide bonds. The monoisotopic (exact) mass is 439 g/mol. The second-order valence-corrected chi connectivity index (χ2v) is 6.06. The third-order valence-electron chi connectivity index (χ3n) is 2.63. The van der Waals surface area contributed by atoms with E-state index in [4.69, 9.17) is 23.2 Å². The Bertz CT molecular complexity index is 758. The van der Waals surface area contributed by atoms with Crippen molar-refractivity contribution >= 4 is 80.9 Å². The third kappa shape index (κ3) is 3.31. The van der Waals surface area contributed by atoms with Gasteiger partial charge in [0.2, 0.25) is 5.95 Å². The molecule has 3 nitrogen and oxygen atoms in total. The maximum Gasteiger partial charge on any atom is 0.205 e. The average molecular weight is 440 g/mol. The average Bonchev–Trinajstić information content (AvgIpc) is 2.75. The molecular formula is C13H9Cl3IN3. The van der Waals surface area contributed by atoms with Gasteiger partial charge in [0, 0.05) is 9.26 Å². The molecule has 0 unspecified atom stereocenters. The van der Waals surface area contributed by atoms with Gasteiger partial charge in [0.15, 0.2) is 0 Å². The smallest absolute Gasteiger partial charge is 0.205 e. The molecule has 0 fully saturated rings. The first-order valence-corrected chi connectivity index (χ1v) is 7.32. The van der Waals surface area contributed by atoms with Gasteiger partial charge >= 0.3 is 0 Å². The summed E-state index contributed by atoms with van der Waals surface area (Å²) < 4.78 is 1.16. The fourth-order valence-electron chi connectivity index (χ4n) is 1.75. The van der Waals surface area contributed by atoms with Gasteiger partial charge in [-0.25, -0.2) is 4.98 Å². The lowest BCUT2D eigenvalue weighted by Crippen LogP contribution is -1.91. The molecule has 0 saturated heterocycles. The Labute approximate surface area is 145 Å². The van der Waals surface area contributed by atoms with E-state index >= 15 is 0 Å². The molecule has 0 bridgehead atoms. The first-order valence-electron chi connectivity index (χ1n) is 5.49. The summed E-state index contributed by atoms with van der Waals surface area (Å²) in [5, 5.41) is 4.21. The van der Waals surface area contributed by atoms with E-state index in [0.29, 0.717) is 16.0 Å². The van der Waals surface area contributed by atoms with E-state index < -0.39 is 0 Å². The number of aromatic amines is 1. The van der Waals surface area contributed by atoms with E-state index in [1.807, 2.05) is 24.3 Å². The van der Waals surface area contributed by atoms with E-state index in [1.165, 1.54) is 0 Å². The van der Waals surface area contributed by atoms with Gasteiger partial charge in [-0.05, 0) is 59.0 Å². The van der Waals surface area contributed by atoms with E-state index in [2.05, 4.69) is 37.9 Å². The van der Waals surface area contributed by atoms with Crippen LogP contribution < -0.4 is 5.32 Å². The van der Waals surface area contributed by atoms with Gasteiger partial charge in [-0.3, -0.25) is 0 Å². The molecule has 0 aliphatic rings. The van der Waals surface area contributed by atoms with E-state index in [0.717, 1.165) is 20.3 Å². The zero-order valence-electron chi connectivity index (χ0n) is 9.95. The number of aromatic nitrogens is 2. The standard InChI is InChI=1S/C13H8Cl2IN3.ClH/c14-9-3-2-8(6-10(9)15)17-13-18-11-4-1-7(16)5-12(11)19-13;/h1-6H,(H2,17,18,19);1H. The number of nitrogens with one attached hydrogen (secondary N) is 2. The van der Waals surface area contributed by atoms with E-state index in [1.54, 1.807) is 12.1 Å². The lowest BCUT2D eigenvalue weighted by Gasteiger charge is -2.03. The molecule has 20 heavy (non-hydrogen) atoms. The van der Waals surface area contributed by atoms with E-state index in [-0.39, 0.29) is 12.4 Å². The van der Waals surface area contributed by atoms with Crippen LogP contribution in [0.1, 0.15) is 0 Å². The molecule has 2 N–H and O–H groups in total. The van der Waals surface area contributed by atoms with Gasteiger partial charge < -0.3 is 10.3 Å². The van der Waals surface area contributed by atoms with Crippen molar-refractivity contribution in [2.45, 2.75) is 0 Å². The fraction of sp³-hybridized carbons (Fsp3) is 0. The summed E-state index contributed by atoms with van der Waals surface area (Å²) in [6.07, 6.45) is 0. The topological polar surface area (TPSA) is 40.7 Å². The van der Waals surface area contributed by atoms with Crippen LogP contribution in [0.4, 0.5) is 11.6 Å². The summed E-state index contributed by atoms with van der Waals surface area (Å²) in [6, 6.07) is 11.4. The lowest BCUT2D eigenvalue weighted by molar-refractivity contribution is 1.31. The fourth-order valence-corrected chi connectivity index (χ4v) is 2.54. The summed E-state index contributed by atoms with van der Waals surface area (Å²) >= 11 is 14.1. The highest BCUT2D eigenvalue weighted by atomic mass is 127. The number of hydrogen-bond acceptors (Lipinski definition) is 2. The maximum atomic E-state index is 5.98. The van der Waals surface area contributed by atoms with Crippen molar-refractivity contribution in [3.63, 3.8) is 0 Å². The zero-order valence-corrected chi connectivity index (χ0v) is 14.4. The summed E-state index contributed by atoms with van der Waals surface area (Å²) in [5.74, 6) is 0.676. The minimum absolute atomic E-state index is 0. The number of imidazole rings is 1. The van der Waals surface area contributed by atoms with Gasteiger partial charge in [-0.1, -0.05) is 23.2 Å². The molecular weight excluding hydrogens is 431 g/mol. The molecule has 0 aliphatic carbocycles. The number of benzene rings is 2. The highest BCUT2D eigenvalue weighted by Crippen LogP contribution is 2.27. The van der Waals surface area contributed by atoms with Crippen molar-refractivity contribution in [1.29, 1.82) is 0 Å². The predicted molar refractivity (Wildman–Crippen MR) is 95.8 cm³/mol. The second kappa shape index (κ2) is 6.39. The van der Waals surface area contributed by atoms with Crippen LogP contribution in [-0.2, 0) is 0 Å². The van der Waals surface area contributed by atoms with E-state index in [9.17, 15) is 0 Å². The Morgan fingerprint density at radius 3 is 2.60 bits per heavy atom. The Kier molecular flexibility index (Phi) is 5.01. The molecule has 0 aliphatic heterocycles. The number of anilines is 2. The van der Waals surface area contributed by atoms with Gasteiger partial charge in [-0.15, -0.1) is 12.4 Å². The quantitative estimate of drug-likeness (QED) is 0.507.